The zero-order valence-corrected chi connectivity index (χ0v) is 32.0. The molecular formula is C42H78O7. The second kappa shape index (κ2) is 39.1. The number of carbonyl (C=O) groups is 2. The fourth-order valence-electron chi connectivity index (χ4n) is 5.74. The Morgan fingerprint density at radius 3 is 1.04 bits per heavy atom. The van der Waals surface area contributed by atoms with Gasteiger partial charge in [-0.15, -0.1) is 0 Å². The van der Waals surface area contributed by atoms with Crippen LogP contribution in [0.3, 0.4) is 0 Å². The average molecular weight is 695 g/mol. The second-order valence-electron chi connectivity index (χ2n) is 13.8. The lowest BCUT2D eigenvalue weighted by atomic mass is 10.1. The lowest BCUT2D eigenvalue weighted by Crippen LogP contribution is -2.35. The van der Waals surface area contributed by atoms with Gasteiger partial charge >= 0.3 is 11.9 Å². The third-order valence-electron chi connectivity index (χ3n) is 8.94. The lowest BCUT2D eigenvalue weighted by molar-refractivity contribution is -0.160. The monoisotopic (exact) mass is 695 g/mol. The molecule has 0 aliphatic carbocycles. The molecule has 2 unspecified atom stereocenters. The van der Waals surface area contributed by atoms with Gasteiger partial charge in [0.05, 0.1) is 13.2 Å². The van der Waals surface area contributed by atoms with Gasteiger partial charge in [0, 0.05) is 12.8 Å². The minimum atomic E-state index is -0.778. The van der Waals surface area contributed by atoms with Gasteiger partial charge in [0.1, 0.15) is 25.4 Å². The summed E-state index contributed by atoms with van der Waals surface area (Å²) >= 11 is 0. The van der Waals surface area contributed by atoms with Crippen LogP contribution in [0.2, 0.25) is 0 Å². The molecule has 0 aromatic heterocycles. The molecule has 0 rings (SSSR count). The Hall–Kier alpha value is -1.70. The van der Waals surface area contributed by atoms with Gasteiger partial charge in [-0.1, -0.05) is 141 Å². The molecule has 7 heteroatoms. The maximum absolute atomic E-state index is 12.2. The lowest BCUT2D eigenvalue weighted by Gasteiger charge is -2.22. The van der Waals surface area contributed by atoms with Crippen LogP contribution < -0.4 is 0 Å². The number of hydrogen-bond acceptors (Lipinski definition) is 7. The minimum absolute atomic E-state index is 0.0974. The van der Waals surface area contributed by atoms with E-state index >= 15 is 0 Å². The van der Waals surface area contributed by atoms with Crippen LogP contribution in [0.15, 0.2) is 24.3 Å². The summed E-state index contributed by atoms with van der Waals surface area (Å²) in [6.07, 6.45) is 39.6. The first-order valence-corrected chi connectivity index (χ1v) is 20.6. The van der Waals surface area contributed by atoms with E-state index < -0.39 is 12.2 Å². The molecular weight excluding hydrogens is 616 g/mol. The van der Waals surface area contributed by atoms with Gasteiger partial charge < -0.3 is 24.4 Å². The van der Waals surface area contributed by atoms with E-state index in [1.54, 1.807) is 0 Å². The largest absolute Gasteiger partial charge is 0.463 e. The molecule has 0 saturated heterocycles. The standard InChI is InChI=1S/C42H78O7/c1-3-5-7-9-11-13-15-17-19-21-23-25-27-29-31-33-41(45)47-37-39(35-43)49-40(36-44)38-48-42(46)34-32-30-28-26-24-22-20-18-16-14-12-10-8-6-4-2/h17-20,39-40,43-44H,3-16,21-38H2,1-2H3. The van der Waals surface area contributed by atoms with Crippen molar-refractivity contribution in [2.45, 2.75) is 206 Å². The topological polar surface area (TPSA) is 102 Å². The first-order chi connectivity index (χ1) is 24.1. The van der Waals surface area contributed by atoms with Gasteiger partial charge in [0.15, 0.2) is 0 Å². The van der Waals surface area contributed by atoms with E-state index in [4.69, 9.17) is 14.2 Å². The van der Waals surface area contributed by atoms with Gasteiger partial charge in [-0.05, 0) is 64.2 Å². The maximum Gasteiger partial charge on any atom is 0.305 e. The van der Waals surface area contributed by atoms with E-state index in [9.17, 15) is 19.8 Å². The Morgan fingerprint density at radius 1 is 0.449 bits per heavy atom. The molecule has 2 N–H and O–H groups in total. The van der Waals surface area contributed by atoms with Crippen molar-refractivity contribution >= 4 is 11.9 Å². The fraction of sp³-hybridized carbons (Fsp3) is 0.857. The van der Waals surface area contributed by atoms with Crippen molar-refractivity contribution in [2.75, 3.05) is 26.4 Å². The van der Waals surface area contributed by atoms with E-state index in [2.05, 4.69) is 38.2 Å². The van der Waals surface area contributed by atoms with Crippen LogP contribution in [-0.2, 0) is 23.8 Å². The highest BCUT2D eigenvalue weighted by molar-refractivity contribution is 5.69. The molecule has 0 heterocycles. The van der Waals surface area contributed by atoms with Crippen LogP contribution >= 0.6 is 0 Å². The Bertz CT molecular complexity index is 704. The number of allylic oxidation sites excluding steroid dienone is 4. The van der Waals surface area contributed by atoms with E-state index in [1.165, 1.54) is 116 Å². The third-order valence-corrected chi connectivity index (χ3v) is 8.94. The number of aliphatic hydroxyl groups is 2. The Morgan fingerprint density at radius 2 is 0.735 bits per heavy atom. The Labute approximate surface area is 302 Å². The smallest absolute Gasteiger partial charge is 0.305 e. The fourth-order valence-corrected chi connectivity index (χ4v) is 5.74. The Balaban J connectivity index is 3.76. The van der Waals surface area contributed by atoms with Crippen LogP contribution in [0, 0.1) is 0 Å². The molecule has 0 amide bonds. The summed E-state index contributed by atoms with van der Waals surface area (Å²) in [5, 5.41) is 19.3. The number of esters is 2. The molecule has 2 atom stereocenters. The minimum Gasteiger partial charge on any atom is -0.463 e. The summed E-state index contributed by atoms with van der Waals surface area (Å²) in [6.45, 7) is 3.59. The maximum atomic E-state index is 12.2. The van der Waals surface area contributed by atoms with Crippen LogP contribution in [0.1, 0.15) is 194 Å². The SMILES string of the molecule is CCCCCCCCC=CCCCCCCCC(=O)OCC(CO)OC(CO)COC(=O)CCCCCCCC=CCCCCCCCC. The molecule has 49 heavy (non-hydrogen) atoms. The average Bonchev–Trinajstić information content (AvgIpc) is 3.11. The van der Waals surface area contributed by atoms with Gasteiger partial charge in [-0.2, -0.15) is 0 Å². The number of aliphatic hydroxyl groups excluding tert-OH is 2. The number of hydrogen-bond donors (Lipinski definition) is 2. The number of ether oxygens (including phenoxy) is 3. The summed E-state index contributed by atoms with van der Waals surface area (Å²) in [5.41, 5.74) is 0. The molecule has 0 aromatic carbocycles. The van der Waals surface area contributed by atoms with Crippen molar-refractivity contribution in [1.29, 1.82) is 0 Å². The van der Waals surface area contributed by atoms with Crippen molar-refractivity contribution in [3.63, 3.8) is 0 Å². The third kappa shape index (κ3) is 35.9. The van der Waals surface area contributed by atoms with Crippen LogP contribution in [0.25, 0.3) is 0 Å². The normalized spacial score (nSPS) is 13.0. The van der Waals surface area contributed by atoms with Crippen molar-refractivity contribution in [1.82, 2.24) is 0 Å². The molecule has 0 aliphatic rings. The van der Waals surface area contributed by atoms with Crippen molar-refractivity contribution in [3.05, 3.63) is 24.3 Å². The van der Waals surface area contributed by atoms with E-state index in [1.807, 2.05) is 0 Å². The molecule has 288 valence electrons. The summed E-state index contributed by atoms with van der Waals surface area (Å²) < 4.78 is 16.2. The van der Waals surface area contributed by atoms with E-state index in [0.717, 1.165) is 51.4 Å². The van der Waals surface area contributed by atoms with E-state index in [-0.39, 0.29) is 38.4 Å². The van der Waals surface area contributed by atoms with E-state index in [0.29, 0.717) is 12.8 Å². The quantitative estimate of drug-likeness (QED) is 0.0377. The van der Waals surface area contributed by atoms with Crippen molar-refractivity contribution in [2.24, 2.45) is 0 Å². The highest BCUT2D eigenvalue weighted by Gasteiger charge is 2.19. The first-order valence-electron chi connectivity index (χ1n) is 20.6. The molecule has 0 spiro atoms. The zero-order valence-electron chi connectivity index (χ0n) is 32.0. The molecule has 0 fully saturated rings. The van der Waals surface area contributed by atoms with Gasteiger partial charge in [0.2, 0.25) is 0 Å². The molecule has 0 aliphatic heterocycles. The van der Waals surface area contributed by atoms with Crippen molar-refractivity contribution in [3.8, 4) is 0 Å². The molecule has 0 radical (unpaired) electrons. The Kier molecular flexibility index (Phi) is 37.7. The number of unbranched alkanes of at least 4 members (excludes halogenated alkanes) is 22. The van der Waals surface area contributed by atoms with Crippen LogP contribution in [0.4, 0.5) is 0 Å². The second-order valence-corrected chi connectivity index (χ2v) is 13.8. The molecule has 0 saturated carbocycles. The summed E-state index contributed by atoms with van der Waals surface area (Å²) in [5.74, 6) is -0.627. The number of carbonyl (C=O) groups excluding carboxylic acids is 2. The van der Waals surface area contributed by atoms with Crippen LogP contribution in [0.5, 0.6) is 0 Å². The number of rotatable bonds is 38. The summed E-state index contributed by atoms with van der Waals surface area (Å²) in [6, 6.07) is 0. The van der Waals surface area contributed by atoms with Gasteiger partial charge in [0.25, 0.3) is 0 Å². The van der Waals surface area contributed by atoms with Gasteiger partial charge in [-0.3, -0.25) is 9.59 Å². The molecule has 0 aromatic rings. The summed E-state index contributed by atoms with van der Waals surface area (Å²) in [4.78, 5) is 24.3. The zero-order chi connectivity index (χ0) is 35.9. The highest BCUT2D eigenvalue weighted by Crippen LogP contribution is 2.13. The predicted molar refractivity (Wildman–Crippen MR) is 204 cm³/mol. The van der Waals surface area contributed by atoms with Gasteiger partial charge in [-0.25, -0.2) is 0 Å². The molecule has 7 nitrogen and oxygen atoms in total. The summed E-state index contributed by atoms with van der Waals surface area (Å²) in [7, 11) is 0. The highest BCUT2D eigenvalue weighted by atomic mass is 16.6. The molecule has 0 bridgehead atoms. The first kappa shape index (κ1) is 47.3. The van der Waals surface area contributed by atoms with Crippen molar-refractivity contribution < 1.29 is 34.0 Å². The predicted octanol–water partition coefficient (Wildman–Crippen LogP) is 10.9. The van der Waals surface area contributed by atoms with Crippen LogP contribution in [-0.4, -0.2) is 60.8 Å².